The van der Waals surface area contributed by atoms with Crippen LogP contribution < -0.4 is 0 Å². The maximum atomic E-state index is 12.4. The number of rotatable bonds is 1. The van der Waals surface area contributed by atoms with Crippen LogP contribution in [0, 0.1) is 10.5 Å². The highest BCUT2D eigenvalue weighted by molar-refractivity contribution is 14.1. The van der Waals surface area contributed by atoms with Crippen molar-refractivity contribution in [2.45, 2.75) is 13.3 Å². The van der Waals surface area contributed by atoms with E-state index >= 15 is 0 Å². The zero-order valence-corrected chi connectivity index (χ0v) is 9.99. The molecule has 4 heteroatoms. The molecule has 0 bridgehead atoms. The molecular formula is C8H6BrF2I. The molecule has 1 aromatic rings. The van der Waals surface area contributed by atoms with Gasteiger partial charge < -0.3 is 0 Å². The molecule has 1 aromatic carbocycles. The van der Waals surface area contributed by atoms with Crippen LogP contribution in [0.15, 0.2) is 16.6 Å². The van der Waals surface area contributed by atoms with Crippen LogP contribution in [0.4, 0.5) is 8.78 Å². The molecule has 0 aliphatic heterocycles. The normalized spacial score (nSPS) is 10.8. The van der Waals surface area contributed by atoms with Gasteiger partial charge >= 0.3 is 0 Å². The molecular weight excluding hydrogens is 341 g/mol. The largest absolute Gasteiger partial charge is 0.265 e. The molecule has 0 fully saturated rings. The summed E-state index contributed by atoms with van der Waals surface area (Å²) in [6.07, 6.45) is -2.38. The molecule has 0 saturated heterocycles. The van der Waals surface area contributed by atoms with Crippen molar-refractivity contribution in [1.82, 2.24) is 0 Å². The number of hydrogen-bond donors (Lipinski definition) is 0. The van der Waals surface area contributed by atoms with Crippen LogP contribution in [0.1, 0.15) is 17.6 Å². The quantitative estimate of drug-likeness (QED) is 0.665. The first-order chi connectivity index (χ1) is 5.52. The summed E-state index contributed by atoms with van der Waals surface area (Å²) in [7, 11) is 0. The lowest BCUT2D eigenvalue weighted by Crippen LogP contribution is -1.93. The molecule has 66 valence electrons. The van der Waals surface area contributed by atoms with Gasteiger partial charge in [-0.2, -0.15) is 0 Å². The van der Waals surface area contributed by atoms with E-state index in [0.29, 0.717) is 9.13 Å². The minimum absolute atomic E-state index is 0.138. The SMILES string of the molecule is Cc1cc(Br)cc(I)c1C(F)F. The van der Waals surface area contributed by atoms with Crippen molar-refractivity contribution < 1.29 is 8.78 Å². The minimum Gasteiger partial charge on any atom is -0.205 e. The Morgan fingerprint density at radius 1 is 1.42 bits per heavy atom. The van der Waals surface area contributed by atoms with Gasteiger partial charge in [0.15, 0.2) is 0 Å². The lowest BCUT2D eigenvalue weighted by molar-refractivity contribution is 0.149. The average molecular weight is 347 g/mol. The lowest BCUT2D eigenvalue weighted by Gasteiger charge is -2.07. The fourth-order valence-corrected chi connectivity index (χ4v) is 2.99. The van der Waals surface area contributed by atoms with Gasteiger partial charge in [0.2, 0.25) is 0 Å². The Bertz CT molecular complexity index is 276. The summed E-state index contributed by atoms with van der Waals surface area (Å²) in [6, 6.07) is 3.39. The molecule has 0 atom stereocenters. The van der Waals surface area contributed by atoms with Gasteiger partial charge in [-0.1, -0.05) is 15.9 Å². The highest BCUT2D eigenvalue weighted by atomic mass is 127. The first kappa shape index (κ1) is 10.4. The van der Waals surface area contributed by atoms with E-state index in [0.717, 1.165) is 4.47 Å². The van der Waals surface area contributed by atoms with E-state index < -0.39 is 6.43 Å². The number of benzene rings is 1. The fourth-order valence-electron chi connectivity index (χ4n) is 0.990. The summed E-state index contributed by atoms with van der Waals surface area (Å²) in [6.45, 7) is 1.69. The molecule has 0 aliphatic carbocycles. The molecule has 0 heterocycles. The summed E-state index contributed by atoms with van der Waals surface area (Å²) in [5, 5.41) is 0. The van der Waals surface area contributed by atoms with E-state index in [1.54, 1.807) is 19.1 Å². The summed E-state index contributed by atoms with van der Waals surface area (Å²) in [5.41, 5.74) is 0.766. The van der Waals surface area contributed by atoms with E-state index in [9.17, 15) is 8.78 Å². The van der Waals surface area contributed by atoms with Crippen LogP contribution in [0.3, 0.4) is 0 Å². The summed E-state index contributed by atoms with van der Waals surface area (Å²) >= 11 is 5.16. The van der Waals surface area contributed by atoms with Gasteiger partial charge in [0.1, 0.15) is 0 Å². The molecule has 0 unspecified atom stereocenters. The van der Waals surface area contributed by atoms with E-state index in [1.165, 1.54) is 0 Å². The summed E-state index contributed by atoms with van der Waals surface area (Å²) in [5.74, 6) is 0. The van der Waals surface area contributed by atoms with Gasteiger partial charge in [-0.05, 0) is 47.2 Å². The van der Waals surface area contributed by atoms with Crippen LogP contribution in [-0.4, -0.2) is 0 Å². The van der Waals surface area contributed by atoms with E-state index in [1.807, 2.05) is 22.6 Å². The van der Waals surface area contributed by atoms with Crippen LogP contribution in [0.2, 0.25) is 0 Å². The second kappa shape index (κ2) is 4.00. The summed E-state index contributed by atoms with van der Waals surface area (Å²) < 4.78 is 26.2. The monoisotopic (exact) mass is 346 g/mol. The number of aryl methyl sites for hydroxylation is 1. The molecule has 0 radical (unpaired) electrons. The van der Waals surface area contributed by atoms with Crippen molar-refractivity contribution in [2.24, 2.45) is 0 Å². The molecule has 0 nitrogen and oxygen atoms in total. The minimum atomic E-state index is -2.38. The Kier molecular flexibility index (Phi) is 3.46. The maximum Gasteiger partial charge on any atom is 0.265 e. The van der Waals surface area contributed by atoms with Crippen LogP contribution in [0.5, 0.6) is 0 Å². The van der Waals surface area contributed by atoms with Gasteiger partial charge in [-0.3, -0.25) is 0 Å². The Morgan fingerprint density at radius 3 is 2.42 bits per heavy atom. The van der Waals surface area contributed by atoms with E-state index in [2.05, 4.69) is 15.9 Å². The Morgan fingerprint density at radius 2 is 2.00 bits per heavy atom. The smallest absolute Gasteiger partial charge is 0.205 e. The van der Waals surface area contributed by atoms with Crippen LogP contribution in [0.25, 0.3) is 0 Å². The van der Waals surface area contributed by atoms with Gasteiger partial charge in [0.05, 0.1) is 0 Å². The Labute approximate surface area is 91.6 Å². The second-order valence-corrected chi connectivity index (χ2v) is 4.50. The third kappa shape index (κ3) is 2.16. The molecule has 0 N–H and O–H groups in total. The lowest BCUT2D eigenvalue weighted by atomic mass is 10.1. The van der Waals surface area contributed by atoms with Crippen LogP contribution >= 0.6 is 38.5 Å². The topological polar surface area (TPSA) is 0 Å². The van der Waals surface area contributed by atoms with Crippen molar-refractivity contribution in [3.8, 4) is 0 Å². The fraction of sp³-hybridized carbons (Fsp3) is 0.250. The predicted molar refractivity (Wildman–Crippen MR) is 56.6 cm³/mol. The average Bonchev–Trinajstić information content (AvgIpc) is 1.82. The van der Waals surface area contributed by atoms with E-state index in [4.69, 9.17) is 0 Å². The second-order valence-electron chi connectivity index (χ2n) is 2.42. The zero-order chi connectivity index (χ0) is 9.30. The Balaban J connectivity index is 3.28. The van der Waals surface area contributed by atoms with Crippen molar-refractivity contribution in [1.29, 1.82) is 0 Å². The molecule has 0 amide bonds. The molecule has 0 saturated carbocycles. The van der Waals surface area contributed by atoms with Crippen molar-refractivity contribution in [3.05, 3.63) is 31.3 Å². The number of alkyl halides is 2. The van der Waals surface area contributed by atoms with Gasteiger partial charge in [-0.15, -0.1) is 0 Å². The van der Waals surface area contributed by atoms with Crippen LogP contribution in [-0.2, 0) is 0 Å². The molecule has 0 spiro atoms. The molecule has 1 rings (SSSR count). The molecule has 0 aliphatic rings. The third-order valence-electron chi connectivity index (χ3n) is 1.52. The predicted octanol–water partition coefficient (Wildman–Crippen LogP) is 4.30. The first-order valence-corrected chi connectivity index (χ1v) is 5.13. The highest BCUT2D eigenvalue weighted by Crippen LogP contribution is 2.30. The standard InChI is InChI=1S/C8H6BrF2I/c1-4-2-5(9)3-6(12)7(4)8(10)11/h2-3,8H,1H3. The first-order valence-electron chi connectivity index (χ1n) is 3.26. The zero-order valence-electron chi connectivity index (χ0n) is 6.24. The van der Waals surface area contributed by atoms with Gasteiger partial charge in [0.25, 0.3) is 6.43 Å². The van der Waals surface area contributed by atoms with E-state index in [-0.39, 0.29) is 5.56 Å². The molecule has 12 heavy (non-hydrogen) atoms. The van der Waals surface area contributed by atoms with Crippen molar-refractivity contribution >= 4 is 38.5 Å². The number of hydrogen-bond acceptors (Lipinski definition) is 0. The van der Waals surface area contributed by atoms with Crippen molar-refractivity contribution in [3.63, 3.8) is 0 Å². The van der Waals surface area contributed by atoms with Gasteiger partial charge in [-0.25, -0.2) is 8.78 Å². The maximum absolute atomic E-state index is 12.4. The van der Waals surface area contributed by atoms with Gasteiger partial charge in [0, 0.05) is 13.6 Å². The number of halogens is 4. The summed E-state index contributed by atoms with van der Waals surface area (Å²) in [4.78, 5) is 0. The highest BCUT2D eigenvalue weighted by Gasteiger charge is 2.14. The third-order valence-corrected chi connectivity index (χ3v) is 2.87. The molecule has 0 aromatic heterocycles. The Hall–Kier alpha value is 0.290. The van der Waals surface area contributed by atoms with Crippen molar-refractivity contribution in [2.75, 3.05) is 0 Å².